The third kappa shape index (κ3) is 7.70. The molecule has 0 spiro atoms. The minimum Gasteiger partial charge on any atom is -0.226 e. The van der Waals surface area contributed by atoms with Crippen LogP contribution in [0, 0.1) is 35.8 Å². The molecule has 7 heteroatoms. The van der Waals surface area contributed by atoms with Crippen LogP contribution in [0.4, 0.5) is 0 Å². The fourth-order valence-corrected chi connectivity index (χ4v) is 13.3. The van der Waals surface area contributed by atoms with E-state index in [-0.39, 0.29) is 11.4 Å². The summed E-state index contributed by atoms with van der Waals surface area (Å²) in [5.74, 6) is 0. The van der Waals surface area contributed by atoms with Gasteiger partial charge in [-0.25, -0.2) is 20.2 Å². The van der Waals surface area contributed by atoms with E-state index in [1.165, 1.54) is 31.1 Å². The molecule has 0 aliphatic rings. The first kappa shape index (κ1) is 36.2. The molecule has 0 aromatic heterocycles. The molecule has 4 radical (unpaired) electrons. The van der Waals surface area contributed by atoms with E-state index < -0.39 is 8.07 Å². The molecule has 0 bridgehead atoms. The number of hydrogen-bond donors (Lipinski definition) is 0. The standard InChI is InChI=1S/C46H32N4Si3/c1-33(45(31-47)49-3)35-15-23-41(24-16-35)53(42-25-17-36(18-26-42)34(2)46(32-48)50-4,43-27-19-39(20-28-43)51-37-11-7-5-8-12-37)44-29-21-40(22-30-44)52-38-13-9-6-10-14-38/h5-30H,1-2H3/b45-33-,46-34+. The van der Waals surface area contributed by atoms with Crippen LogP contribution in [0.1, 0.15) is 25.0 Å². The van der Waals surface area contributed by atoms with Crippen molar-refractivity contribution in [2.75, 3.05) is 0 Å². The molecule has 0 saturated heterocycles. The highest BCUT2D eigenvalue weighted by Crippen LogP contribution is 2.21. The molecule has 0 aliphatic heterocycles. The second-order valence-electron chi connectivity index (χ2n) is 12.4. The fraction of sp³-hybridized carbons (Fsp3) is 0.0435. The Kier molecular flexibility index (Phi) is 11.4. The molecule has 0 amide bonds. The average molecular weight is 725 g/mol. The Labute approximate surface area is 318 Å². The number of rotatable bonds is 10. The second-order valence-corrected chi connectivity index (χ2v) is 19.1. The topological polar surface area (TPSA) is 56.3 Å². The average Bonchev–Trinajstić information content (AvgIpc) is 3.21. The van der Waals surface area contributed by atoms with Gasteiger partial charge in [-0.2, -0.15) is 0 Å². The highest BCUT2D eigenvalue weighted by molar-refractivity contribution is 7.20. The summed E-state index contributed by atoms with van der Waals surface area (Å²) < 4.78 is 0. The van der Waals surface area contributed by atoms with Gasteiger partial charge in [0.2, 0.25) is 0 Å². The van der Waals surface area contributed by atoms with Gasteiger partial charge >= 0.3 is 0 Å². The Morgan fingerprint density at radius 1 is 0.453 bits per heavy atom. The Morgan fingerprint density at radius 3 is 1.02 bits per heavy atom. The minimum absolute atomic E-state index is 0.0844. The van der Waals surface area contributed by atoms with Crippen LogP contribution < -0.4 is 41.5 Å². The summed E-state index contributed by atoms with van der Waals surface area (Å²) in [4.78, 5) is 6.91. The van der Waals surface area contributed by atoms with Crippen molar-refractivity contribution in [1.29, 1.82) is 10.5 Å². The van der Waals surface area contributed by atoms with Gasteiger partial charge in [-0.05, 0) is 56.9 Å². The zero-order chi connectivity index (χ0) is 37.2. The van der Waals surface area contributed by atoms with E-state index in [2.05, 4.69) is 131 Å². The molecule has 0 saturated carbocycles. The van der Waals surface area contributed by atoms with E-state index in [9.17, 15) is 10.5 Å². The second kappa shape index (κ2) is 16.6. The Hall–Kier alpha value is -6.59. The molecule has 53 heavy (non-hydrogen) atoms. The van der Waals surface area contributed by atoms with E-state index in [0.29, 0.717) is 30.2 Å². The highest BCUT2D eigenvalue weighted by Gasteiger charge is 2.41. The lowest BCUT2D eigenvalue weighted by molar-refractivity contribution is 1.47. The van der Waals surface area contributed by atoms with Gasteiger partial charge in [-0.1, -0.05) is 178 Å². The van der Waals surface area contributed by atoms with Gasteiger partial charge in [0.25, 0.3) is 11.4 Å². The molecular formula is C46H32N4Si3. The van der Waals surface area contributed by atoms with Gasteiger partial charge < -0.3 is 0 Å². The molecule has 0 fully saturated rings. The number of nitrogens with zero attached hydrogens (tertiary/aromatic N) is 4. The molecule has 0 aliphatic carbocycles. The third-order valence-corrected chi connectivity index (χ3v) is 16.7. The molecule has 248 valence electrons. The first-order valence-electron chi connectivity index (χ1n) is 16.9. The van der Waals surface area contributed by atoms with Crippen molar-refractivity contribution >= 4 is 79.8 Å². The lowest BCUT2D eigenvalue weighted by atomic mass is 10.1. The summed E-state index contributed by atoms with van der Waals surface area (Å²) in [5, 5.41) is 29.0. The maximum absolute atomic E-state index is 9.59. The maximum atomic E-state index is 9.59. The fourth-order valence-electron chi connectivity index (χ4n) is 6.58. The lowest BCUT2D eigenvalue weighted by Crippen LogP contribution is -2.75. The van der Waals surface area contributed by atoms with Crippen molar-refractivity contribution in [1.82, 2.24) is 0 Å². The van der Waals surface area contributed by atoms with E-state index in [1.807, 2.05) is 62.4 Å². The molecule has 6 aromatic carbocycles. The normalized spacial score (nSPS) is 11.9. The van der Waals surface area contributed by atoms with E-state index in [4.69, 9.17) is 13.1 Å². The van der Waals surface area contributed by atoms with Gasteiger partial charge in [0.1, 0.15) is 19.0 Å². The molecule has 0 unspecified atom stereocenters. The first-order valence-corrected chi connectivity index (χ1v) is 20.9. The van der Waals surface area contributed by atoms with Gasteiger partial charge in [0.05, 0.1) is 25.3 Å². The van der Waals surface area contributed by atoms with Crippen LogP contribution in [0.5, 0.6) is 0 Å². The van der Waals surface area contributed by atoms with Crippen LogP contribution in [0.25, 0.3) is 20.8 Å². The Morgan fingerprint density at radius 2 is 0.736 bits per heavy atom. The van der Waals surface area contributed by atoms with Crippen molar-refractivity contribution < 1.29 is 0 Å². The number of hydrogen-bond acceptors (Lipinski definition) is 2. The van der Waals surface area contributed by atoms with Gasteiger partial charge in [-0.3, -0.25) is 0 Å². The van der Waals surface area contributed by atoms with E-state index in [1.54, 1.807) is 0 Å². The Balaban J connectivity index is 1.58. The Bertz CT molecular complexity index is 2250. The molecule has 6 aromatic rings. The summed E-state index contributed by atoms with van der Waals surface area (Å²) in [6.07, 6.45) is 0. The van der Waals surface area contributed by atoms with Crippen molar-refractivity contribution in [3.05, 3.63) is 203 Å². The number of nitriles is 2. The highest BCUT2D eigenvalue weighted by atomic mass is 28.3. The number of benzene rings is 6. The van der Waals surface area contributed by atoms with Crippen molar-refractivity contribution in [2.45, 2.75) is 13.8 Å². The maximum Gasteiger partial charge on any atom is 0.265 e. The molecule has 0 N–H and O–H groups in total. The predicted molar refractivity (Wildman–Crippen MR) is 223 cm³/mol. The van der Waals surface area contributed by atoms with Crippen molar-refractivity contribution in [3.63, 3.8) is 0 Å². The molecular weight excluding hydrogens is 693 g/mol. The van der Waals surface area contributed by atoms with Crippen LogP contribution in [0.2, 0.25) is 0 Å². The summed E-state index contributed by atoms with van der Waals surface area (Å²) >= 11 is 0. The van der Waals surface area contributed by atoms with Crippen LogP contribution in [-0.2, 0) is 0 Å². The quantitative estimate of drug-likeness (QED) is 0.0890. The number of allylic oxidation sites excluding steroid dienone is 4. The summed E-state index contributed by atoms with van der Waals surface area (Å²) in [6, 6.07) is 60.0. The van der Waals surface area contributed by atoms with Gasteiger partial charge in [0, 0.05) is 0 Å². The summed E-state index contributed by atoms with van der Waals surface area (Å²) in [5.41, 5.74) is 3.14. The van der Waals surface area contributed by atoms with Crippen molar-refractivity contribution in [2.24, 2.45) is 0 Å². The monoisotopic (exact) mass is 724 g/mol. The minimum atomic E-state index is -3.01. The van der Waals surface area contributed by atoms with Crippen LogP contribution in [0.3, 0.4) is 0 Å². The van der Waals surface area contributed by atoms with Gasteiger partial charge in [0.15, 0.2) is 8.07 Å². The largest absolute Gasteiger partial charge is 0.265 e. The van der Waals surface area contributed by atoms with Gasteiger partial charge in [-0.15, -0.1) is 0 Å². The van der Waals surface area contributed by atoms with Crippen molar-refractivity contribution in [3.8, 4) is 12.1 Å². The molecule has 0 atom stereocenters. The summed E-state index contributed by atoms with van der Waals surface area (Å²) in [6.45, 7) is 18.7. The zero-order valence-electron chi connectivity index (χ0n) is 29.3. The molecule has 4 nitrogen and oxygen atoms in total. The summed E-state index contributed by atoms with van der Waals surface area (Å²) in [7, 11) is -1.95. The SMILES string of the molecule is [C-]#[N+]/C(C#N)=C(/C)c1ccc([Si](c2ccc([Si]c3ccccc3)cc2)(c2ccc([Si]c3ccccc3)cc2)c2ccc(/C(C)=C(\C#N)[N+]#[C-])cc2)cc1. The molecule has 0 heterocycles. The van der Waals surface area contributed by atoms with Crippen LogP contribution in [0.15, 0.2) is 169 Å². The smallest absolute Gasteiger partial charge is 0.226 e. The molecule has 6 rings (SSSR count). The predicted octanol–water partition coefficient (Wildman–Crippen LogP) is 4.72. The third-order valence-electron chi connectivity index (χ3n) is 9.41. The van der Waals surface area contributed by atoms with Crippen LogP contribution in [-0.4, -0.2) is 27.1 Å². The zero-order valence-corrected chi connectivity index (χ0v) is 32.3. The first-order chi connectivity index (χ1) is 25.9. The lowest BCUT2D eigenvalue weighted by Gasteiger charge is -2.35. The van der Waals surface area contributed by atoms with E-state index in [0.717, 1.165) is 21.5 Å². The van der Waals surface area contributed by atoms with Crippen LogP contribution >= 0.6 is 0 Å². The van der Waals surface area contributed by atoms with E-state index >= 15 is 0 Å².